The van der Waals surface area contributed by atoms with E-state index in [1.807, 2.05) is 0 Å². The minimum Gasteiger partial charge on any atom is -0.483 e. The molecule has 3 aromatic rings. The minimum atomic E-state index is -0.509. The Morgan fingerprint density at radius 1 is 0.719 bits per heavy atom. The third kappa shape index (κ3) is 7.01. The molecule has 164 valence electrons. The van der Waals surface area contributed by atoms with Gasteiger partial charge in [0.25, 0.3) is 11.8 Å². The Hall–Kier alpha value is -3.55. The molecule has 0 radical (unpaired) electrons. The number of para-hydroxylation sites is 1. The Kier molecular flexibility index (Phi) is 8.08. The van der Waals surface area contributed by atoms with Crippen LogP contribution in [0.4, 0.5) is 11.4 Å². The summed E-state index contributed by atoms with van der Waals surface area (Å²) in [6.07, 6.45) is 0. The Morgan fingerprint density at radius 2 is 1.25 bits per heavy atom. The van der Waals surface area contributed by atoms with Gasteiger partial charge in [-0.3, -0.25) is 14.4 Å². The third-order valence-corrected chi connectivity index (χ3v) is 4.66. The lowest BCUT2D eigenvalue weighted by Gasteiger charge is -2.12. The van der Waals surface area contributed by atoms with Gasteiger partial charge in [0.1, 0.15) is 5.75 Å². The van der Waals surface area contributed by atoms with Gasteiger partial charge in [-0.1, -0.05) is 35.3 Å². The summed E-state index contributed by atoms with van der Waals surface area (Å²) in [5.74, 6) is -1.09. The highest BCUT2D eigenvalue weighted by Crippen LogP contribution is 2.18. The van der Waals surface area contributed by atoms with Crippen molar-refractivity contribution in [3.05, 3.63) is 88.4 Å². The lowest BCUT2D eigenvalue weighted by molar-refractivity contribution is -0.118. The Balaban J connectivity index is 1.52. The molecule has 3 N–H and O–H groups in total. The van der Waals surface area contributed by atoms with E-state index < -0.39 is 17.7 Å². The Morgan fingerprint density at radius 3 is 1.84 bits per heavy atom. The molecule has 0 aromatic heterocycles. The van der Waals surface area contributed by atoms with Crippen LogP contribution in [0.25, 0.3) is 0 Å². The van der Waals surface area contributed by atoms with Crippen molar-refractivity contribution in [1.29, 1.82) is 0 Å². The average Bonchev–Trinajstić information content (AvgIpc) is 2.79. The molecule has 0 spiro atoms. The van der Waals surface area contributed by atoms with Crippen LogP contribution in [0, 0.1) is 0 Å². The summed E-state index contributed by atoms with van der Waals surface area (Å²) < 4.78 is 5.52. The smallest absolute Gasteiger partial charge is 0.262 e. The number of benzene rings is 3. The second-order valence-electron chi connectivity index (χ2n) is 6.58. The van der Waals surface area contributed by atoms with Crippen LogP contribution < -0.4 is 20.7 Å². The number of anilines is 2. The fraction of sp³-hybridized carbons (Fsp3) is 0.0870. The van der Waals surface area contributed by atoms with E-state index >= 15 is 0 Å². The van der Waals surface area contributed by atoms with Gasteiger partial charge in [0, 0.05) is 21.4 Å². The van der Waals surface area contributed by atoms with Crippen molar-refractivity contribution in [1.82, 2.24) is 5.32 Å². The zero-order valence-electron chi connectivity index (χ0n) is 16.7. The van der Waals surface area contributed by atoms with Crippen molar-refractivity contribution < 1.29 is 19.1 Å². The maximum absolute atomic E-state index is 12.5. The molecule has 0 bridgehead atoms. The molecule has 0 atom stereocenters. The van der Waals surface area contributed by atoms with Gasteiger partial charge in [-0.15, -0.1) is 0 Å². The molecule has 3 aromatic carbocycles. The maximum Gasteiger partial charge on any atom is 0.262 e. The van der Waals surface area contributed by atoms with Gasteiger partial charge < -0.3 is 20.7 Å². The van der Waals surface area contributed by atoms with Crippen molar-refractivity contribution in [2.75, 3.05) is 23.8 Å². The normalized spacial score (nSPS) is 10.2. The highest BCUT2D eigenvalue weighted by atomic mass is 35.5. The van der Waals surface area contributed by atoms with Crippen molar-refractivity contribution in [2.45, 2.75) is 0 Å². The van der Waals surface area contributed by atoms with Gasteiger partial charge in [-0.05, 0) is 60.7 Å². The topological polar surface area (TPSA) is 96.5 Å². The summed E-state index contributed by atoms with van der Waals surface area (Å²) in [7, 11) is 0. The SMILES string of the molecule is O=C(CNC(=O)c1ccccc1OCC(=O)Nc1ccc(Cl)cc1)Nc1ccc(Cl)cc1. The highest BCUT2D eigenvalue weighted by molar-refractivity contribution is 6.31. The summed E-state index contributed by atoms with van der Waals surface area (Å²) in [4.78, 5) is 36.7. The number of nitrogens with one attached hydrogen (secondary N) is 3. The second kappa shape index (κ2) is 11.2. The summed E-state index contributed by atoms with van der Waals surface area (Å²) in [6, 6.07) is 19.7. The Labute approximate surface area is 194 Å². The molecule has 7 nitrogen and oxygen atoms in total. The number of rotatable bonds is 8. The van der Waals surface area contributed by atoms with Crippen LogP contribution in [0.5, 0.6) is 5.75 Å². The summed E-state index contributed by atoms with van der Waals surface area (Å²) >= 11 is 11.6. The van der Waals surface area contributed by atoms with Crippen LogP contribution >= 0.6 is 23.2 Å². The predicted molar refractivity (Wildman–Crippen MR) is 124 cm³/mol. The van der Waals surface area contributed by atoms with E-state index in [1.165, 1.54) is 0 Å². The summed E-state index contributed by atoms with van der Waals surface area (Å²) in [5.41, 5.74) is 1.33. The first kappa shape index (κ1) is 23.1. The van der Waals surface area contributed by atoms with Crippen LogP contribution in [0.3, 0.4) is 0 Å². The number of hydrogen-bond acceptors (Lipinski definition) is 4. The van der Waals surface area contributed by atoms with Crippen LogP contribution in [0.15, 0.2) is 72.8 Å². The van der Waals surface area contributed by atoms with Crippen LogP contribution in [0.2, 0.25) is 10.0 Å². The zero-order valence-corrected chi connectivity index (χ0v) is 18.2. The minimum absolute atomic E-state index is 0.200. The van der Waals surface area contributed by atoms with Gasteiger partial charge in [-0.2, -0.15) is 0 Å². The van der Waals surface area contributed by atoms with E-state index in [0.717, 1.165) is 0 Å². The molecule has 0 fully saturated rings. The first-order valence-electron chi connectivity index (χ1n) is 9.51. The summed E-state index contributed by atoms with van der Waals surface area (Å²) in [6.45, 7) is -0.545. The monoisotopic (exact) mass is 471 g/mol. The number of carbonyl (C=O) groups is 3. The zero-order chi connectivity index (χ0) is 22.9. The van der Waals surface area contributed by atoms with E-state index in [9.17, 15) is 14.4 Å². The van der Waals surface area contributed by atoms with Gasteiger partial charge in [0.2, 0.25) is 5.91 Å². The van der Waals surface area contributed by atoms with Gasteiger partial charge in [0.15, 0.2) is 6.61 Å². The van der Waals surface area contributed by atoms with Crippen molar-refractivity contribution in [2.24, 2.45) is 0 Å². The fourth-order valence-corrected chi connectivity index (χ4v) is 2.90. The molecule has 0 saturated carbocycles. The molecule has 0 unspecified atom stereocenters. The van der Waals surface area contributed by atoms with Gasteiger partial charge >= 0.3 is 0 Å². The largest absolute Gasteiger partial charge is 0.483 e. The standard InChI is InChI=1S/C23H19Cl2N3O4/c24-15-5-9-17(10-6-15)27-21(29)13-26-23(31)19-3-1-2-4-20(19)32-14-22(30)28-18-11-7-16(25)8-12-18/h1-12H,13-14H2,(H,26,31)(H,27,29)(H,28,30). The number of hydrogen-bond donors (Lipinski definition) is 3. The molecule has 3 amide bonds. The van der Waals surface area contributed by atoms with E-state index in [4.69, 9.17) is 27.9 Å². The van der Waals surface area contributed by atoms with Crippen LogP contribution in [-0.2, 0) is 9.59 Å². The molecule has 0 aliphatic heterocycles. The van der Waals surface area contributed by atoms with Crippen molar-refractivity contribution >= 4 is 52.3 Å². The molecule has 3 rings (SSSR count). The van der Waals surface area contributed by atoms with Crippen LogP contribution in [0.1, 0.15) is 10.4 Å². The van der Waals surface area contributed by atoms with Gasteiger partial charge in [0.05, 0.1) is 12.1 Å². The third-order valence-electron chi connectivity index (χ3n) is 4.16. The molecular weight excluding hydrogens is 453 g/mol. The second-order valence-corrected chi connectivity index (χ2v) is 7.45. The lowest BCUT2D eigenvalue weighted by Crippen LogP contribution is -2.33. The van der Waals surface area contributed by atoms with Crippen LogP contribution in [-0.4, -0.2) is 30.9 Å². The number of ether oxygens (including phenoxy) is 1. The van der Waals surface area contributed by atoms with E-state index in [2.05, 4.69) is 16.0 Å². The first-order valence-corrected chi connectivity index (χ1v) is 10.3. The molecule has 0 saturated heterocycles. The van der Waals surface area contributed by atoms with Gasteiger partial charge in [-0.25, -0.2) is 0 Å². The molecule has 0 aliphatic rings. The predicted octanol–water partition coefficient (Wildman–Crippen LogP) is 4.38. The van der Waals surface area contributed by atoms with E-state index in [-0.39, 0.29) is 24.5 Å². The molecule has 32 heavy (non-hydrogen) atoms. The quantitative estimate of drug-likeness (QED) is 0.454. The van der Waals surface area contributed by atoms with E-state index in [1.54, 1.807) is 72.8 Å². The number of halogens is 2. The average molecular weight is 472 g/mol. The molecular formula is C23H19Cl2N3O4. The van der Waals surface area contributed by atoms with Crippen molar-refractivity contribution in [3.8, 4) is 5.75 Å². The molecule has 9 heteroatoms. The number of carbonyl (C=O) groups excluding carboxylic acids is 3. The maximum atomic E-state index is 12.5. The highest BCUT2D eigenvalue weighted by Gasteiger charge is 2.14. The lowest BCUT2D eigenvalue weighted by atomic mass is 10.2. The first-order chi connectivity index (χ1) is 15.4. The Bertz CT molecular complexity index is 1100. The number of amides is 3. The van der Waals surface area contributed by atoms with Crippen molar-refractivity contribution in [3.63, 3.8) is 0 Å². The molecule has 0 aliphatic carbocycles. The summed E-state index contributed by atoms with van der Waals surface area (Å²) in [5, 5.41) is 8.96. The molecule has 0 heterocycles. The van der Waals surface area contributed by atoms with E-state index in [0.29, 0.717) is 21.4 Å². The fourth-order valence-electron chi connectivity index (χ4n) is 2.65.